The largest absolute Gasteiger partial charge is 0.439 e. The van der Waals surface area contributed by atoms with Crippen LogP contribution in [0.5, 0.6) is 17.4 Å². The van der Waals surface area contributed by atoms with Gasteiger partial charge in [0.1, 0.15) is 11.5 Å². The molecule has 2 aromatic carbocycles. The number of alkyl halides is 2. The van der Waals surface area contributed by atoms with Gasteiger partial charge in [0.05, 0.1) is 18.1 Å². The summed E-state index contributed by atoms with van der Waals surface area (Å²) in [5, 5.41) is 13.1. The predicted octanol–water partition coefficient (Wildman–Crippen LogP) is 4.63. The number of fused-ring (bicyclic) bond motifs is 2. The second-order valence-corrected chi connectivity index (χ2v) is 6.39. The van der Waals surface area contributed by atoms with Gasteiger partial charge >= 0.3 is 6.61 Å². The van der Waals surface area contributed by atoms with Gasteiger partial charge in [0, 0.05) is 17.0 Å². The third-order valence-corrected chi connectivity index (χ3v) is 4.47. The summed E-state index contributed by atoms with van der Waals surface area (Å²) in [6, 6.07) is 11.5. The number of benzene rings is 2. The fraction of sp³-hybridized carbons (Fsp3) is 0.100. The van der Waals surface area contributed by atoms with E-state index < -0.39 is 6.61 Å². The molecule has 0 bridgehead atoms. The summed E-state index contributed by atoms with van der Waals surface area (Å²) in [5.74, 6) is 1.41. The van der Waals surface area contributed by atoms with Crippen molar-refractivity contribution in [2.75, 3.05) is 0 Å². The summed E-state index contributed by atoms with van der Waals surface area (Å²) < 4.78 is 42.1. The van der Waals surface area contributed by atoms with E-state index in [0.717, 1.165) is 11.1 Å². The number of aromatic nitrogens is 5. The van der Waals surface area contributed by atoms with Crippen molar-refractivity contribution in [2.45, 2.75) is 13.5 Å². The van der Waals surface area contributed by atoms with Crippen LogP contribution < -0.4 is 9.47 Å². The van der Waals surface area contributed by atoms with Crippen LogP contribution in [0.2, 0.25) is 0 Å². The zero-order chi connectivity index (χ0) is 20.7. The average Bonchev–Trinajstić information content (AvgIpc) is 3.33. The van der Waals surface area contributed by atoms with E-state index in [4.69, 9.17) is 9.26 Å². The average molecular weight is 409 g/mol. The van der Waals surface area contributed by atoms with Gasteiger partial charge in [-0.3, -0.25) is 4.98 Å². The molecule has 0 amide bonds. The first-order valence-corrected chi connectivity index (χ1v) is 8.87. The molecule has 0 aliphatic heterocycles. The molecule has 150 valence electrons. The Hall–Kier alpha value is -4.08. The highest BCUT2D eigenvalue weighted by atomic mass is 19.3. The monoisotopic (exact) mass is 409 g/mol. The molecule has 0 atom stereocenters. The van der Waals surface area contributed by atoms with Gasteiger partial charge in [0.2, 0.25) is 5.88 Å². The Kier molecular flexibility index (Phi) is 4.24. The van der Waals surface area contributed by atoms with E-state index in [2.05, 4.69) is 25.1 Å². The lowest BCUT2D eigenvalue weighted by Gasteiger charge is -2.09. The van der Waals surface area contributed by atoms with Gasteiger partial charge in [-0.25, -0.2) is 4.40 Å². The predicted molar refractivity (Wildman–Crippen MR) is 102 cm³/mol. The molecule has 5 rings (SSSR count). The van der Waals surface area contributed by atoms with Crippen LogP contribution in [0, 0.1) is 6.92 Å². The minimum absolute atomic E-state index is 0.0522. The van der Waals surface area contributed by atoms with Gasteiger partial charge in [-0.1, -0.05) is 5.16 Å². The SMILES string of the molecule is Cc1noc2cc(Oc3cncc4nnc(-c5ccc(OC(F)F)cc5)n34)ccc12. The minimum atomic E-state index is -2.89. The number of nitrogens with zero attached hydrogens (tertiary/aromatic N) is 5. The molecular formula is C20H13F2N5O3. The minimum Gasteiger partial charge on any atom is -0.439 e. The number of ether oxygens (including phenoxy) is 2. The highest BCUT2D eigenvalue weighted by Crippen LogP contribution is 2.30. The first kappa shape index (κ1) is 18.0. The third-order valence-electron chi connectivity index (χ3n) is 4.47. The lowest BCUT2D eigenvalue weighted by atomic mass is 10.2. The van der Waals surface area contributed by atoms with Crippen molar-refractivity contribution >= 4 is 16.6 Å². The van der Waals surface area contributed by atoms with E-state index in [9.17, 15) is 8.78 Å². The Labute approximate surface area is 167 Å². The van der Waals surface area contributed by atoms with Gasteiger partial charge in [0.15, 0.2) is 17.1 Å². The molecule has 0 radical (unpaired) electrons. The van der Waals surface area contributed by atoms with E-state index in [1.807, 2.05) is 13.0 Å². The quantitative estimate of drug-likeness (QED) is 0.418. The molecule has 0 saturated heterocycles. The standard InChI is InChI=1S/C20H13F2N5O3/c1-11-15-7-6-14(8-16(15)30-26-11)28-18-10-23-9-17-24-25-19(27(17)18)12-2-4-13(5-3-12)29-20(21)22/h2-10,20H,1H3. The van der Waals surface area contributed by atoms with E-state index in [1.165, 1.54) is 18.3 Å². The van der Waals surface area contributed by atoms with Crippen molar-refractivity contribution in [3.8, 4) is 28.8 Å². The molecule has 10 heteroatoms. The smallest absolute Gasteiger partial charge is 0.387 e. The number of halogens is 2. The summed E-state index contributed by atoms with van der Waals surface area (Å²) >= 11 is 0. The van der Waals surface area contributed by atoms with Crippen molar-refractivity contribution in [1.29, 1.82) is 0 Å². The van der Waals surface area contributed by atoms with Crippen LogP contribution in [0.15, 0.2) is 59.4 Å². The number of hydrogen-bond donors (Lipinski definition) is 0. The van der Waals surface area contributed by atoms with E-state index in [0.29, 0.717) is 34.2 Å². The molecule has 0 N–H and O–H groups in total. The van der Waals surface area contributed by atoms with Crippen molar-refractivity contribution in [1.82, 2.24) is 24.7 Å². The first-order valence-electron chi connectivity index (χ1n) is 8.87. The summed E-state index contributed by atoms with van der Waals surface area (Å²) in [5.41, 5.74) is 2.50. The van der Waals surface area contributed by atoms with Crippen molar-refractivity contribution in [3.05, 3.63) is 60.6 Å². The van der Waals surface area contributed by atoms with Crippen molar-refractivity contribution in [3.63, 3.8) is 0 Å². The summed E-state index contributed by atoms with van der Waals surface area (Å²) in [4.78, 5) is 4.14. The van der Waals surface area contributed by atoms with E-state index >= 15 is 0 Å². The molecule has 0 unspecified atom stereocenters. The van der Waals surface area contributed by atoms with Gasteiger partial charge in [-0.05, 0) is 43.3 Å². The molecule has 3 heterocycles. The summed E-state index contributed by atoms with van der Waals surface area (Å²) in [7, 11) is 0. The molecule has 8 nitrogen and oxygen atoms in total. The molecule has 0 spiro atoms. The van der Waals surface area contributed by atoms with Crippen molar-refractivity contribution in [2.24, 2.45) is 0 Å². The van der Waals surface area contributed by atoms with Crippen LogP contribution in [-0.4, -0.2) is 31.4 Å². The Morgan fingerprint density at radius 2 is 1.80 bits per heavy atom. The Bertz CT molecular complexity index is 1350. The number of rotatable bonds is 5. The molecule has 0 fully saturated rings. The maximum atomic E-state index is 12.4. The Balaban J connectivity index is 1.53. The fourth-order valence-electron chi connectivity index (χ4n) is 3.10. The highest BCUT2D eigenvalue weighted by Gasteiger charge is 2.15. The molecule has 0 aliphatic rings. The Morgan fingerprint density at radius 3 is 2.60 bits per heavy atom. The normalized spacial score (nSPS) is 11.5. The second-order valence-electron chi connectivity index (χ2n) is 6.39. The maximum Gasteiger partial charge on any atom is 0.387 e. The van der Waals surface area contributed by atoms with Crippen LogP contribution in [0.1, 0.15) is 5.69 Å². The zero-order valence-electron chi connectivity index (χ0n) is 15.5. The van der Waals surface area contributed by atoms with Crippen LogP contribution in [0.4, 0.5) is 8.78 Å². The molecule has 3 aromatic heterocycles. The molecule has 0 aliphatic carbocycles. The van der Waals surface area contributed by atoms with Gasteiger partial charge in [0.25, 0.3) is 0 Å². The molecule has 30 heavy (non-hydrogen) atoms. The van der Waals surface area contributed by atoms with Crippen LogP contribution in [-0.2, 0) is 0 Å². The van der Waals surface area contributed by atoms with Gasteiger partial charge in [-0.15, -0.1) is 10.2 Å². The molecule has 0 saturated carbocycles. The highest BCUT2D eigenvalue weighted by molar-refractivity contribution is 5.80. The van der Waals surface area contributed by atoms with E-state index in [1.54, 1.807) is 34.9 Å². The topological polar surface area (TPSA) is 87.6 Å². The van der Waals surface area contributed by atoms with Crippen LogP contribution >= 0.6 is 0 Å². The number of aryl methyl sites for hydroxylation is 1. The van der Waals surface area contributed by atoms with Gasteiger partial charge in [-0.2, -0.15) is 8.78 Å². The zero-order valence-corrected chi connectivity index (χ0v) is 15.5. The lowest BCUT2D eigenvalue weighted by Crippen LogP contribution is -2.01. The summed E-state index contributed by atoms with van der Waals surface area (Å²) in [6.07, 6.45) is 3.07. The Morgan fingerprint density at radius 1 is 1.00 bits per heavy atom. The lowest BCUT2D eigenvalue weighted by molar-refractivity contribution is -0.0498. The number of hydrogen-bond acceptors (Lipinski definition) is 7. The first-order chi connectivity index (χ1) is 14.6. The van der Waals surface area contributed by atoms with Crippen LogP contribution in [0.25, 0.3) is 28.0 Å². The van der Waals surface area contributed by atoms with Crippen molar-refractivity contribution < 1.29 is 22.8 Å². The van der Waals surface area contributed by atoms with Crippen LogP contribution in [0.3, 0.4) is 0 Å². The second kappa shape index (κ2) is 7.07. The third kappa shape index (κ3) is 3.17. The van der Waals surface area contributed by atoms with Gasteiger partial charge < -0.3 is 14.0 Å². The van der Waals surface area contributed by atoms with E-state index in [-0.39, 0.29) is 5.75 Å². The molecular weight excluding hydrogens is 396 g/mol. The maximum absolute atomic E-state index is 12.4. The fourth-order valence-corrected chi connectivity index (χ4v) is 3.10. The summed E-state index contributed by atoms with van der Waals surface area (Å²) in [6.45, 7) is -1.03. The molecule has 5 aromatic rings.